The standard InChI is InChI=1S/C30H36N6/c1-7-8-28(36-15-13-25(14-16-36)24-11-9-23(19-31)10-12-24)26-18-27(21(3)17-20(26)2)30-32-29(33-34-30)22(4)35(5)6/h8-12,17-18,25H,4,7,13-16H2,1-3,5-6H3,(H,32,33,34)/b28-8+. The monoisotopic (exact) mass is 480 g/mol. The largest absolute Gasteiger partial charge is 0.375 e. The maximum absolute atomic E-state index is 9.09. The van der Waals surface area contributed by atoms with E-state index in [1.165, 1.54) is 28.0 Å². The van der Waals surface area contributed by atoms with Crippen molar-refractivity contribution in [2.24, 2.45) is 0 Å². The van der Waals surface area contributed by atoms with Crippen LogP contribution in [-0.2, 0) is 0 Å². The van der Waals surface area contributed by atoms with Crippen molar-refractivity contribution in [2.45, 2.75) is 46.0 Å². The first-order valence-corrected chi connectivity index (χ1v) is 12.7. The van der Waals surface area contributed by atoms with Crippen molar-refractivity contribution in [3.63, 3.8) is 0 Å². The molecule has 1 fully saturated rings. The Kier molecular flexibility index (Phi) is 7.59. The highest BCUT2D eigenvalue weighted by Crippen LogP contribution is 2.35. The Morgan fingerprint density at radius 2 is 1.83 bits per heavy atom. The van der Waals surface area contributed by atoms with Crippen LogP contribution < -0.4 is 0 Å². The van der Waals surface area contributed by atoms with Crippen LogP contribution in [0.3, 0.4) is 0 Å². The summed E-state index contributed by atoms with van der Waals surface area (Å²) in [5, 5.41) is 17.9. The number of nitriles is 1. The molecule has 0 radical (unpaired) electrons. The SMILES string of the molecule is C=C(c1nnc(-c2cc(/C(=C\CC)N3CCC(c4ccc(C#N)cc4)CC3)c(C)cc2C)[nH]1)N(C)C. The van der Waals surface area contributed by atoms with Gasteiger partial charge in [0.05, 0.1) is 17.3 Å². The zero-order valence-electron chi connectivity index (χ0n) is 22.1. The molecular formula is C30H36N6. The third-order valence-corrected chi connectivity index (χ3v) is 7.15. The van der Waals surface area contributed by atoms with Crippen molar-refractivity contribution in [3.8, 4) is 17.5 Å². The predicted octanol–water partition coefficient (Wildman–Crippen LogP) is 6.12. The van der Waals surface area contributed by atoms with E-state index in [0.29, 0.717) is 11.7 Å². The van der Waals surface area contributed by atoms with E-state index in [0.717, 1.165) is 55.0 Å². The lowest BCUT2D eigenvalue weighted by Gasteiger charge is -2.36. The summed E-state index contributed by atoms with van der Waals surface area (Å²) in [4.78, 5) is 7.83. The molecule has 186 valence electrons. The Morgan fingerprint density at radius 3 is 2.44 bits per heavy atom. The molecule has 4 rings (SSSR count). The van der Waals surface area contributed by atoms with Gasteiger partial charge in [-0.05, 0) is 73.9 Å². The molecule has 0 atom stereocenters. The molecule has 6 heteroatoms. The van der Waals surface area contributed by atoms with Gasteiger partial charge in [-0.2, -0.15) is 5.26 Å². The van der Waals surface area contributed by atoms with E-state index in [-0.39, 0.29) is 0 Å². The van der Waals surface area contributed by atoms with Crippen LogP contribution in [0.1, 0.15) is 65.7 Å². The molecule has 1 aliphatic heterocycles. The number of rotatable bonds is 7. The van der Waals surface area contributed by atoms with Gasteiger partial charge >= 0.3 is 0 Å². The fraction of sp³-hybridized carbons (Fsp3) is 0.367. The predicted molar refractivity (Wildman–Crippen MR) is 147 cm³/mol. The Bertz CT molecular complexity index is 1300. The van der Waals surface area contributed by atoms with Gasteiger partial charge in [-0.3, -0.25) is 0 Å². The van der Waals surface area contributed by atoms with Gasteiger partial charge in [-0.15, -0.1) is 10.2 Å². The van der Waals surface area contributed by atoms with Crippen molar-refractivity contribution in [1.82, 2.24) is 25.0 Å². The lowest BCUT2D eigenvalue weighted by atomic mass is 9.88. The van der Waals surface area contributed by atoms with Gasteiger partial charge in [0, 0.05) is 44.0 Å². The highest BCUT2D eigenvalue weighted by Gasteiger charge is 2.24. The number of piperidine rings is 1. The first kappa shape index (κ1) is 25.2. The van der Waals surface area contributed by atoms with Crippen molar-refractivity contribution in [3.05, 3.63) is 82.7 Å². The molecule has 36 heavy (non-hydrogen) atoms. The molecular weight excluding hydrogens is 444 g/mol. The Morgan fingerprint density at radius 1 is 1.14 bits per heavy atom. The van der Waals surface area contributed by atoms with Crippen molar-refractivity contribution >= 4 is 11.4 Å². The smallest absolute Gasteiger partial charge is 0.177 e. The van der Waals surface area contributed by atoms with Crippen LogP contribution in [0.5, 0.6) is 0 Å². The van der Waals surface area contributed by atoms with Gasteiger partial charge in [0.25, 0.3) is 0 Å². The summed E-state index contributed by atoms with van der Waals surface area (Å²) in [6.45, 7) is 12.6. The van der Waals surface area contributed by atoms with Crippen LogP contribution in [0.2, 0.25) is 0 Å². The first-order chi connectivity index (χ1) is 17.3. The number of hydrogen-bond donors (Lipinski definition) is 1. The van der Waals surface area contributed by atoms with Crippen LogP contribution in [0.15, 0.2) is 49.1 Å². The van der Waals surface area contributed by atoms with Gasteiger partial charge < -0.3 is 14.8 Å². The quantitative estimate of drug-likeness (QED) is 0.441. The van der Waals surface area contributed by atoms with Crippen LogP contribution in [-0.4, -0.2) is 52.2 Å². The van der Waals surface area contributed by atoms with Crippen LogP contribution >= 0.6 is 0 Å². The molecule has 0 spiro atoms. The summed E-state index contributed by atoms with van der Waals surface area (Å²) in [5.41, 5.74) is 8.91. The summed E-state index contributed by atoms with van der Waals surface area (Å²) < 4.78 is 0. The van der Waals surface area contributed by atoms with E-state index < -0.39 is 0 Å². The van der Waals surface area contributed by atoms with Gasteiger partial charge in [0.2, 0.25) is 0 Å². The highest BCUT2D eigenvalue weighted by atomic mass is 15.2. The summed E-state index contributed by atoms with van der Waals surface area (Å²) in [6.07, 6.45) is 5.53. The van der Waals surface area contributed by atoms with Crippen LogP contribution in [0, 0.1) is 25.2 Å². The third-order valence-electron chi connectivity index (χ3n) is 7.15. The number of benzene rings is 2. The van der Waals surface area contributed by atoms with Gasteiger partial charge in [0.15, 0.2) is 11.6 Å². The molecule has 1 aliphatic rings. The van der Waals surface area contributed by atoms with Gasteiger partial charge in [0.1, 0.15) is 0 Å². The van der Waals surface area contributed by atoms with E-state index in [9.17, 15) is 0 Å². The van der Waals surface area contributed by atoms with Crippen molar-refractivity contribution in [1.29, 1.82) is 5.26 Å². The number of nitrogens with one attached hydrogen (secondary N) is 1. The van der Waals surface area contributed by atoms with Gasteiger partial charge in [-0.1, -0.05) is 37.8 Å². The van der Waals surface area contributed by atoms with E-state index in [2.05, 4.69) is 83.8 Å². The Balaban J connectivity index is 1.59. The Labute approximate surface area is 215 Å². The summed E-state index contributed by atoms with van der Waals surface area (Å²) in [7, 11) is 3.90. The molecule has 0 unspecified atom stereocenters. The number of H-pyrrole nitrogens is 1. The number of aromatic amines is 1. The van der Waals surface area contributed by atoms with E-state index in [1.807, 2.05) is 31.1 Å². The minimum absolute atomic E-state index is 0.531. The maximum Gasteiger partial charge on any atom is 0.177 e. The molecule has 2 aromatic carbocycles. The zero-order chi connectivity index (χ0) is 25.8. The van der Waals surface area contributed by atoms with Crippen LogP contribution in [0.4, 0.5) is 0 Å². The molecule has 2 heterocycles. The number of hydrogen-bond acceptors (Lipinski definition) is 5. The number of likely N-dealkylation sites (tertiary alicyclic amines) is 1. The lowest BCUT2D eigenvalue weighted by molar-refractivity contribution is 0.298. The average molecular weight is 481 g/mol. The van der Waals surface area contributed by atoms with Gasteiger partial charge in [-0.25, -0.2) is 0 Å². The van der Waals surface area contributed by atoms with E-state index in [1.54, 1.807) is 0 Å². The number of aryl methyl sites for hydroxylation is 2. The third kappa shape index (κ3) is 5.21. The fourth-order valence-corrected chi connectivity index (χ4v) is 4.99. The Hall–Kier alpha value is -3.85. The molecule has 1 N–H and O–H groups in total. The second-order valence-electron chi connectivity index (χ2n) is 9.84. The molecule has 0 bridgehead atoms. The highest BCUT2D eigenvalue weighted by molar-refractivity contribution is 5.74. The molecule has 0 aliphatic carbocycles. The summed E-state index contributed by atoms with van der Waals surface area (Å²) in [6, 6.07) is 14.8. The second-order valence-corrected chi connectivity index (χ2v) is 9.84. The fourth-order valence-electron chi connectivity index (χ4n) is 4.99. The minimum atomic E-state index is 0.531. The zero-order valence-corrected chi connectivity index (χ0v) is 22.1. The molecule has 1 saturated heterocycles. The lowest BCUT2D eigenvalue weighted by Crippen LogP contribution is -2.32. The average Bonchev–Trinajstić information content (AvgIpc) is 3.37. The first-order valence-electron chi connectivity index (χ1n) is 12.7. The topological polar surface area (TPSA) is 71.8 Å². The summed E-state index contributed by atoms with van der Waals surface area (Å²) in [5.74, 6) is 1.98. The number of allylic oxidation sites excluding steroid dienone is 1. The molecule has 6 nitrogen and oxygen atoms in total. The molecule has 3 aromatic rings. The number of aromatic nitrogens is 3. The minimum Gasteiger partial charge on any atom is -0.375 e. The van der Waals surface area contributed by atoms with Crippen molar-refractivity contribution in [2.75, 3.05) is 27.2 Å². The van der Waals surface area contributed by atoms with E-state index in [4.69, 9.17) is 5.26 Å². The summed E-state index contributed by atoms with van der Waals surface area (Å²) >= 11 is 0. The normalized spacial score (nSPS) is 14.6. The van der Waals surface area contributed by atoms with Crippen LogP contribution in [0.25, 0.3) is 22.8 Å². The second kappa shape index (κ2) is 10.8. The molecule has 0 amide bonds. The van der Waals surface area contributed by atoms with Crippen molar-refractivity contribution < 1.29 is 0 Å². The van der Waals surface area contributed by atoms with E-state index >= 15 is 0 Å². The number of nitrogens with zero attached hydrogens (tertiary/aromatic N) is 5. The maximum atomic E-state index is 9.09. The molecule has 0 saturated carbocycles. The molecule has 1 aromatic heterocycles.